The Labute approximate surface area is 241 Å². The highest BCUT2D eigenvalue weighted by molar-refractivity contribution is 6.31. The largest absolute Gasteiger partial charge is 0.491 e. The lowest BCUT2D eigenvalue weighted by Gasteiger charge is -2.29. The van der Waals surface area contributed by atoms with Crippen LogP contribution in [0.4, 0.5) is 21.6 Å². The molecular weight excluding hydrogens is 553 g/mol. The summed E-state index contributed by atoms with van der Waals surface area (Å²) in [6.07, 6.45) is 6.16. The number of carbonyl (C=O) groups is 2. The number of nitrogens with zero attached hydrogens (tertiary/aromatic N) is 3. The molecule has 0 unspecified atom stereocenters. The number of anilines is 3. The van der Waals surface area contributed by atoms with Gasteiger partial charge in [-0.15, -0.1) is 0 Å². The molecule has 41 heavy (non-hydrogen) atoms. The van der Waals surface area contributed by atoms with E-state index in [0.29, 0.717) is 72.7 Å². The van der Waals surface area contributed by atoms with Gasteiger partial charge in [-0.25, -0.2) is 14.4 Å². The maximum atomic E-state index is 13.7. The van der Waals surface area contributed by atoms with Crippen LogP contribution in [0, 0.1) is 11.7 Å². The van der Waals surface area contributed by atoms with Crippen LogP contribution < -0.4 is 15.4 Å². The summed E-state index contributed by atoms with van der Waals surface area (Å²) in [5.74, 6) is 0.109. The number of morpholine rings is 1. The van der Waals surface area contributed by atoms with E-state index in [0.717, 1.165) is 12.8 Å². The molecule has 1 atom stereocenters. The number of ether oxygens (including phenoxy) is 3. The number of amides is 1. The van der Waals surface area contributed by atoms with Gasteiger partial charge in [0.1, 0.15) is 29.8 Å². The molecule has 0 aliphatic carbocycles. The van der Waals surface area contributed by atoms with Gasteiger partial charge in [0.15, 0.2) is 0 Å². The van der Waals surface area contributed by atoms with Gasteiger partial charge in [0.2, 0.25) is 5.91 Å². The van der Waals surface area contributed by atoms with Crippen LogP contribution in [0.2, 0.25) is 5.02 Å². The van der Waals surface area contributed by atoms with Crippen molar-refractivity contribution in [1.29, 1.82) is 0 Å². The number of rotatable bonds is 9. The third-order valence-electron chi connectivity index (χ3n) is 6.83. The van der Waals surface area contributed by atoms with E-state index in [1.807, 2.05) is 11.8 Å². The number of cyclic esters (lactones) is 1. The van der Waals surface area contributed by atoms with Gasteiger partial charge in [0, 0.05) is 49.5 Å². The minimum absolute atomic E-state index is 0.0206. The first-order valence-corrected chi connectivity index (χ1v) is 13.8. The average molecular weight is 584 g/mol. The van der Waals surface area contributed by atoms with Gasteiger partial charge in [-0.1, -0.05) is 17.7 Å². The van der Waals surface area contributed by atoms with E-state index in [1.165, 1.54) is 24.5 Å². The van der Waals surface area contributed by atoms with E-state index < -0.39 is 5.82 Å². The minimum atomic E-state index is -0.524. The molecule has 1 aromatic heterocycles. The number of esters is 1. The van der Waals surface area contributed by atoms with Crippen molar-refractivity contribution in [3.05, 3.63) is 59.7 Å². The fourth-order valence-corrected chi connectivity index (χ4v) is 4.94. The molecule has 0 bridgehead atoms. The summed E-state index contributed by atoms with van der Waals surface area (Å²) in [5.41, 5.74) is 1.59. The molecule has 1 amide bonds. The number of carbonyl (C=O) groups excluding carboxylic acids is 2. The second-order valence-electron chi connectivity index (χ2n) is 10.1. The van der Waals surface area contributed by atoms with Crippen LogP contribution in [0.1, 0.15) is 19.8 Å². The Kier molecular flexibility index (Phi) is 9.28. The van der Waals surface area contributed by atoms with E-state index in [-0.39, 0.29) is 29.5 Å². The number of hydrogen-bond acceptors (Lipinski definition) is 9. The van der Waals surface area contributed by atoms with Crippen LogP contribution in [-0.4, -0.2) is 72.3 Å². The van der Waals surface area contributed by atoms with Gasteiger partial charge in [0.05, 0.1) is 29.4 Å². The highest BCUT2D eigenvalue weighted by Crippen LogP contribution is 2.34. The Morgan fingerprint density at radius 3 is 2.85 bits per heavy atom. The number of benzene rings is 2. The lowest BCUT2D eigenvalue weighted by atomic mass is 10.0. The highest BCUT2D eigenvalue weighted by Gasteiger charge is 2.22. The molecule has 0 spiro atoms. The normalized spacial score (nSPS) is 18.4. The van der Waals surface area contributed by atoms with Gasteiger partial charge >= 0.3 is 5.97 Å². The Hall–Kier alpha value is -3.80. The number of aromatic nitrogens is 2. The maximum Gasteiger partial charge on any atom is 0.320 e. The van der Waals surface area contributed by atoms with Crippen molar-refractivity contribution in [2.75, 3.05) is 50.1 Å². The van der Waals surface area contributed by atoms with Crippen molar-refractivity contribution in [2.45, 2.75) is 25.9 Å². The second-order valence-corrected chi connectivity index (χ2v) is 10.5. The van der Waals surface area contributed by atoms with E-state index in [9.17, 15) is 14.0 Å². The fraction of sp³-hybridized carbons (Fsp3) is 0.379. The summed E-state index contributed by atoms with van der Waals surface area (Å²) in [4.78, 5) is 35.3. The summed E-state index contributed by atoms with van der Waals surface area (Å²) >= 11 is 5.95. The molecule has 2 aliphatic rings. The lowest BCUT2D eigenvalue weighted by molar-refractivity contribution is -0.156. The van der Waals surface area contributed by atoms with Gasteiger partial charge in [-0.05, 0) is 49.9 Å². The predicted octanol–water partition coefficient (Wildman–Crippen LogP) is 4.71. The fourth-order valence-electron chi connectivity index (χ4n) is 4.76. The molecule has 2 aliphatic heterocycles. The van der Waals surface area contributed by atoms with Gasteiger partial charge in [-0.3, -0.25) is 14.5 Å². The summed E-state index contributed by atoms with van der Waals surface area (Å²) < 4.78 is 30.5. The predicted molar refractivity (Wildman–Crippen MR) is 153 cm³/mol. The zero-order valence-electron chi connectivity index (χ0n) is 22.6. The molecule has 12 heteroatoms. The molecule has 10 nitrogen and oxygen atoms in total. The minimum Gasteiger partial charge on any atom is -0.491 e. The van der Waals surface area contributed by atoms with Crippen molar-refractivity contribution in [2.24, 2.45) is 5.92 Å². The Morgan fingerprint density at radius 1 is 1.24 bits per heavy atom. The molecule has 0 radical (unpaired) electrons. The molecule has 216 valence electrons. The van der Waals surface area contributed by atoms with Gasteiger partial charge in [-0.2, -0.15) is 0 Å². The Bertz CT molecular complexity index is 1450. The third-order valence-corrected chi connectivity index (χ3v) is 7.12. The van der Waals surface area contributed by atoms with Crippen LogP contribution in [0.3, 0.4) is 0 Å². The molecule has 2 fully saturated rings. The number of halogens is 2. The first-order valence-electron chi connectivity index (χ1n) is 13.4. The smallest absolute Gasteiger partial charge is 0.320 e. The first kappa shape index (κ1) is 28.7. The van der Waals surface area contributed by atoms with Crippen LogP contribution in [0.15, 0.2) is 48.8 Å². The van der Waals surface area contributed by atoms with E-state index in [4.69, 9.17) is 25.8 Å². The average Bonchev–Trinajstić information content (AvgIpc) is 2.94. The van der Waals surface area contributed by atoms with Crippen LogP contribution in [0.25, 0.3) is 10.9 Å². The summed E-state index contributed by atoms with van der Waals surface area (Å²) in [5, 5.41) is 6.66. The SMILES string of the molecule is C[C@@H]1CN(CC=CC(=O)Nc2cc3c(Nc4ccc(F)c(Cl)c4)ncnc3cc2OCC2CCOCC2)CC(=O)O1. The lowest BCUT2D eigenvalue weighted by Crippen LogP contribution is -2.44. The quantitative estimate of drug-likeness (QED) is 0.273. The molecular formula is C29H31ClFN5O5. The molecule has 2 saturated heterocycles. The zero-order valence-corrected chi connectivity index (χ0v) is 23.3. The maximum absolute atomic E-state index is 13.7. The Morgan fingerprint density at radius 2 is 2.07 bits per heavy atom. The van der Waals surface area contributed by atoms with Crippen molar-refractivity contribution in [1.82, 2.24) is 14.9 Å². The monoisotopic (exact) mass is 583 g/mol. The van der Waals surface area contributed by atoms with E-state index in [1.54, 1.807) is 24.3 Å². The van der Waals surface area contributed by atoms with Crippen molar-refractivity contribution in [3.8, 4) is 5.75 Å². The Balaban J connectivity index is 1.37. The van der Waals surface area contributed by atoms with Gasteiger partial charge < -0.3 is 24.8 Å². The van der Waals surface area contributed by atoms with Crippen molar-refractivity contribution >= 4 is 51.6 Å². The zero-order chi connectivity index (χ0) is 28.8. The second kappa shape index (κ2) is 13.2. The molecule has 3 aromatic rings. The van der Waals surface area contributed by atoms with E-state index >= 15 is 0 Å². The van der Waals surface area contributed by atoms with Crippen molar-refractivity contribution < 1.29 is 28.2 Å². The first-order chi connectivity index (χ1) is 19.8. The number of hydrogen-bond donors (Lipinski definition) is 2. The summed E-state index contributed by atoms with van der Waals surface area (Å²) in [6.45, 7) is 4.91. The van der Waals surface area contributed by atoms with Crippen molar-refractivity contribution in [3.63, 3.8) is 0 Å². The van der Waals surface area contributed by atoms with E-state index in [2.05, 4.69) is 20.6 Å². The summed E-state index contributed by atoms with van der Waals surface area (Å²) in [7, 11) is 0. The van der Waals surface area contributed by atoms with Crippen LogP contribution in [-0.2, 0) is 19.1 Å². The standard InChI is InChI=1S/C29H31ClFN5O5/c1-18-14-36(15-28(38)41-18)8-2-3-27(37)35-25-12-21-24(13-26(25)40-16-19-6-9-39-10-7-19)32-17-33-29(21)34-20-4-5-23(31)22(30)11-20/h2-5,11-13,17-19H,6-10,14-16H2,1H3,(H,35,37)(H,32,33,34)/t18-/m1/s1. The summed E-state index contributed by atoms with van der Waals surface area (Å²) in [6, 6.07) is 7.79. The van der Waals surface area contributed by atoms with Crippen LogP contribution >= 0.6 is 11.6 Å². The molecule has 0 saturated carbocycles. The number of nitrogens with one attached hydrogen (secondary N) is 2. The molecule has 5 rings (SSSR count). The molecule has 3 heterocycles. The van der Waals surface area contributed by atoms with Gasteiger partial charge in [0.25, 0.3) is 0 Å². The topological polar surface area (TPSA) is 115 Å². The van der Waals surface area contributed by atoms with Crippen LogP contribution in [0.5, 0.6) is 5.75 Å². The molecule has 2 aromatic carbocycles. The highest BCUT2D eigenvalue weighted by atomic mass is 35.5. The molecule has 2 N–H and O–H groups in total. The number of fused-ring (bicyclic) bond motifs is 1. The third kappa shape index (κ3) is 7.69.